The third-order valence-corrected chi connectivity index (χ3v) is 3.66. The Hall–Kier alpha value is -1.33. The molecule has 1 heterocycles. The molecule has 0 radical (unpaired) electrons. The van der Waals surface area contributed by atoms with Crippen molar-refractivity contribution in [2.45, 2.75) is 39.4 Å². The number of ether oxygens (including phenoxy) is 1. The van der Waals surface area contributed by atoms with Gasteiger partial charge < -0.3 is 14.0 Å². The Kier molecular flexibility index (Phi) is 3.70. The summed E-state index contributed by atoms with van der Waals surface area (Å²) in [5, 5.41) is 0. The molecule has 0 amide bonds. The van der Waals surface area contributed by atoms with Gasteiger partial charge in [-0.1, -0.05) is 12.1 Å². The van der Waals surface area contributed by atoms with Crippen LogP contribution in [-0.2, 0) is 14.0 Å². The molecule has 4 nitrogen and oxygen atoms in total. The highest BCUT2D eigenvalue weighted by Gasteiger charge is 2.44. The number of rotatable bonds is 2. The Morgan fingerprint density at radius 1 is 1.42 bits per heavy atom. The number of carbonyl (C=O) groups excluding carboxylic acids is 1. The van der Waals surface area contributed by atoms with Crippen molar-refractivity contribution in [3.8, 4) is 0 Å². The molecule has 1 aliphatic heterocycles. The summed E-state index contributed by atoms with van der Waals surface area (Å²) in [6.07, 6.45) is 0.000352. The van der Waals surface area contributed by atoms with Crippen molar-refractivity contribution < 1.29 is 18.8 Å². The van der Waals surface area contributed by atoms with Gasteiger partial charge in [0, 0.05) is 0 Å². The van der Waals surface area contributed by atoms with E-state index in [0.29, 0.717) is 5.56 Å². The van der Waals surface area contributed by atoms with Gasteiger partial charge in [0.2, 0.25) is 0 Å². The molecule has 1 atom stereocenters. The molecule has 0 aliphatic carbocycles. The van der Waals surface area contributed by atoms with E-state index in [1.54, 1.807) is 6.07 Å². The van der Waals surface area contributed by atoms with E-state index in [0.717, 1.165) is 11.0 Å². The summed E-state index contributed by atoms with van der Waals surface area (Å²) in [6, 6.07) is 5.57. The molecule has 0 spiro atoms. The average molecular weight is 262 g/mol. The molecule has 102 valence electrons. The van der Waals surface area contributed by atoms with Gasteiger partial charge >= 0.3 is 13.1 Å². The maximum atomic E-state index is 11.7. The third kappa shape index (κ3) is 2.67. The zero-order valence-corrected chi connectivity index (χ0v) is 12.0. The lowest BCUT2D eigenvalue weighted by atomic mass is 9.78. The fourth-order valence-electron chi connectivity index (χ4n) is 2.01. The summed E-state index contributed by atoms with van der Waals surface area (Å²) in [5.41, 5.74) is 1.93. The Bertz CT molecular complexity index is 498. The van der Waals surface area contributed by atoms with Crippen LogP contribution in [0.15, 0.2) is 18.2 Å². The van der Waals surface area contributed by atoms with Gasteiger partial charge in [-0.3, -0.25) is 0 Å². The largest absolute Gasteiger partial charge is 0.494 e. The average Bonchev–Trinajstić information content (AvgIpc) is 2.63. The van der Waals surface area contributed by atoms with Gasteiger partial charge in [0.1, 0.15) is 0 Å². The van der Waals surface area contributed by atoms with Gasteiger partial charge in [-0.05, 0) is 44.8 Å². The molecule has 0 saturated carbocycles. The number of hydrogen-bond acceptors (Lipinski definition) is 4. The van der Waals surface area contributed by atoms with Gasteiger partial charge in [0.05, 0.1) is 24.4 Å². The van der Waals surface area contributed by atoms with Crippen molar-refractivity contribution in [2.75, 3.05) is 7.11 Å². The zero-order valence-electron chi connectivity index (χ0n) is 12.0. The highest BCUT2D eigenvalue weighted by Crippen LogP contribution is 2.27. The summed E-state index contributed by atoms with van der Waals surface area (Å²) in [7, 11) is 0.941. The van der Waals surface area contributed by atoms with Crippen molar-refractivity contribution >= 4 is 18.6 Å². The lowest BCUT2D eigenvalue weighted by Gasteiger charge is -2.21. The van der Waals surface area contributed by atoms with Crippen molar-refractivity contribution in [3.05, 3.63) is 29.3 Å². The molecule has 5 heteroatoms. The number of methoxy groups -OCH3 is 1. The van der Waals surface area contributed by atoms with Gasteiger partial charge in [-0.2, -0.15) is 0 Å². The van der Waals surface area contributed by atoms with Crippen LogP contribution in [0.1, 0.15) is 36.7 Å². The second kappa shape index (κ2) is 4.98. The number of hydrogen-bond donors (Lipinski definition) is 0. The standard InChI is InChI=1S/C14H19BO4/c1-9-6-7-11(8-12(9)13(16)17-5)15-18-10(2)14(3,4)19-15/h6-8,10H,1-5H3. The molecule has 1 aromatic rings. The maximum Gasteiger partial charge on any atom is 0.494 e. The predicted molar refractivity (Wildman–Crippen MR) is 73.6 cm³/mol. The van der Waals surface area contributed by atoms with Gasteiger partial charge in [-0.25, -0.2) is 4.79 Å². The zero-order chi connectivity index (χ0) is 14.2. The second-order valence-electron chi connectivity index (χ2n) is 5.40. The van der Waals surface area contributed by atoms with Crippen molar-refractivity contribution in [3.63, 3.8) is 0 Å². The summed E-state index contributed by atoms with van der Waals surface area (Å²) in [5.74, 6) is -0.343. The van der Waals surface area contributed by atoms with Crippen LogP contribution in [0.25, 0.3) is 0 Å². The quantitative estimate of drug-likeness (QED) is 0.601. The summed E-state index contributed by atoms with van der Waals surface area (Å²) in [6.45, 7) is 7.84. The second-order valence-corrected chi connectivity index (χ2v) is 5.40. The molecule has 0 N–H and O–H groups in total. The maximum absolute atomic E-state index is 11.7. The number of aryl methyl sites for hydroxylation is 1. The lowest BCUT2D eigenvalue weighted by molar-refractivity contribution is 0.0600. The molecule has 1 aliphatic rings. The lowest BCUT2D eigenvalue weighted by Crippen LogP contribution is -2.35. The summed E-state index contributed by atoms with van der Waals surface area (Å²) >= 11 is 0. The van der Waals surface area contributed by atoms with Crippen molar-refractivity contribution in [1.82, 2.24) is 0 Å². The van der Waals surface area contributed by atoms with Crippen LogP contribution in [0.4, 0.5) is 0 Å². The first-order valence-corrected chi connectivity index (χ1v) is 6.37. The number of benzene rings is 1. The molecule has 19 heavy (non-hydrogen) atoms. The van der Waals surface area contributed by atoms with Crippen LogP contribution in [-0.4, -0.2) is 31.9 Å². The van der Waals surface area contributed by atoms with Crippen LogP contribution in [0.2, 0.25) is 0 Å². The minimum atomic E-state index is -0.436. The Morgan fingerprint density at radius 3 is 2.63 bits per heavy atom. The number of carbonyl (C=O) groups is 1. The monoisotopic (exact) mass is 262 g/mol. The van der Waals surface area contributed by atoms with E-state index < -0.39 is 7.12 Å². The van der Waals surface area contributed by atoms with Crippen LogP contribution in [0.3, 0.4) is 0 Å². The van der Waals surface area contributed by atoms with E-state index in [1.165, 1.54) is 7.11 Å². The molecular weight excluding hydrogens is 243 g/mol. The van der Waals surface area contributed by atoms with Crippen LogP contribution in [0.5, 0.6) is 0 Å². The first-order valence-electron chi connectivity index (χ1n) is 6.37. The highest BCUT2D eigenvalue weighted by molar-refractivity contribution is 6.62. The Labute approximate surface area is 114 Å². The topological polar surface area (TPSA) is 44.8 Å². The molecule has 1 saturated heterocycles. The molecular formula is C14H19BO4. The summed E-state index contributed by atoms with van der Waals surface area (Å²) in [4.78, 5) is 11.7. The van der Waals surface area contributed by atoms with Crippen molar-refractivity contribution in [1.29, 1.82) is 0 Å². The van der Waals surface area contributed by atoms with Crippen LogP contribution < -0.4 is 5.46 Å². The number of esters is 1. The fourth-order valence-corrected chi connectivity index (χ4v) is 2.01. The van der Waals surface area contributed by atoms with E-state index in [4.69, 9.17) is 14.0 Å². The van der Waals surface area contributed by atoms with E-state index in [-0.39, 0.29) is 17.7 Å². The molecule has 0 aromatic heterocycles. The normalized spacial score (nSPS) is 21.5. The van der Waals surface area contributed by atoms with E-state index in [1.807, 2.05) is 39.8 Å². The van der Waals surface area contributed by atoms with E-state index >= 15 is 0 Å². The van der Waals surface area contributed by atoms with Crippen molar-refractivity contribution in [2.24, 2.45) is 0 Å². The SMILES string of the molecule is COC(=O)c1cc(B2OC(C)C(C)(C)O2)ccc1C. The molecule has 2 rings (SSSR count). The van der Waals surface area contributed by atoms with E-state index in [9.17, 15) is 4.79 Å². The predicted octanol–water partition coefficient (Wildman–Crippen LogP) is 1.69. The molecule has 1 unspecified atom stereocenters. The highest BCUT2D eigenvalue weighted by atomic mass is 16.7. The first-order chi connectivity index (χ1) is 8.85. The minimum Gasteiger partial charge on any atom is -0.465 e. The van der Waals surface area contributed by atoms with Gasteiger partial charge in [0.25, 0.3) is 0 Å². The summed E-state index contributed by atoms with van der Waals surface area (Å²) < 4.78 is 16.5. The van der Waals surface area contributed by atoms with Gasteiger partial charge in [0.15, 0.2) is 0 Å². The van der Waals surface area contributed by atoms with Crippen LogP contribution in [0, 0.1) is 6.92 Å². The molecule has 1 fully saturated rings. The minimum absolute atomic E-state index is 0.000352. The smallest absolute Gasteiger partial charge is 0.465 e. The fraction of sp³-hybridized carbons (Fsp3) is 0.500. The van der Waals surface area contributed by atoms with E-state index in [2.05, 4.69) is 0 Å². The molecule has 1 aromatic carbocycles. The van der Waals surface area contributed by atoms with Gasteiger partial charge in [-0.15, -0.1) is 0 Å². The van der Waals surface area contributed by atoms with Crippen LogP contribution >= 0.6 is 0 Å². The Balaban J connectivity index is 2.30. The first kappa shape index (κ1) is 14.1. The third-order valence-electron chi connectivity index (χ3n) is 3.66. The molecule has 0 bridgehead atoms. The Morgan fingerprint density at radius 2 is 2.11 bits per heavy atom.